The molecule has 4 heterocycles. The number of benzene rings is 1. The van der Waals surface area contributed by atoms with E-state index < -0.39 is 10.0 Å². The first-order valence-corrected chi connectivity index (χ1v) is 12.7. The molecule has 3 aromatic rings. The Hall–Kier alpha value is -3.95. The molecule has 11 nitrogen and oxygen atoms in total. The predicted molar refractivity (Wildman–Crippen MR) is 131 cm³/mol. The molecule has 12 heteroatoms. The van der Waals surface area contributed by atoms with Crippen LogP contribution in [-0.2, 0) is 21.2 Å². The number of aromatic amines is 1. The molecule has 1 fully saturated rings. The molecule has 35 heavy (non-hydrogen) atoms. The zero-order valence-electron chi connectivity index (χ0n) is 19.1. The predicted octanol–water partition coefficient (Wildman–Crippen LogP) is 1.19. The number of carbonyl (C=O) groups excluding carboxylic acids is 1. The number of nitrogens with zero attached hydrogens (tertiary/aromatic N) is 4. The smallest absolute Gasteiger partial charge is 0.240 e. The van der Waals surface area contributed by atoms with Gasteiger partial charge in [0.2, 0.25) is 27.6 Å². The number of piperidine rings is 1. The fourth-order valence-electron chi connectivity index (χ4n) is 4.88. The molecule has 0 unspecified atom stereocenters. The van der Waals surface area contributed by atoms with Gasteiger partial charge in [-0.1, -0.05) is 6.92 Å². The summed E-state index contributed by atoms with van der Waals surface area (Å²) in [4.78, 5) is 24.2. The van der Waals surface area contributed by atoms with Crippen LogP contribution in [0, 0.1) is 17.2 Å². The van der Waals surface area contributed by atoms with Gasteiger partial charge in [0.05, 0.1) is 35.5 Å². The van der Waals surface area contributed by atoms with Crippen molar-refractivity contribution in [1.29, 1.82) is 5.26 Å². The summed E-state index contributed by atoms with van der Waals surface area (Å²) in [5.74, 6) is 1.59. The number of hydrogen-bond acceptors (Lipinski definition) is 8. The van der Waals surface area contributed by atoms with Crippen molar-refractivity contribution >= 4 is 55.7 Å². The van der Waals surface area contributed by atoms with Crippen molar-refractivity contribution in [3.8, 4) is 6.07 Å². The summed E-state index contributed by atoms with van der Waals surface area (Å²) in [7, 11) is -3.88. The molecule has 7 N–H and O–H groups in total. The minimum atomic E-state index is -3.88. The van der Waals surface area contributed by atoms with Gasteiger partial charge in [-0.15, -0.1) is 0 Å². The van der Waals surface area contributed by atoms with Crippen molar-refractivity contribution in [3.63, 3.8) is 0 Å². The monoisotopic (exact) mass is 493 g/mol. The van der Waals surface area contributed by atoms with Crippen LogP contribution >= 0.6 is 0 Å². The second-order valence-electron chi connectivity index (χ2n) is 9.04. The third kappa shape index (κ3) is 3.69. The number of pyridine rings is 2. The third-order valence-corrected chi connectivity index (χ3v) is 7.67. The lowest BCUT2D eigenvalue weighted by Crippen LogP contribution is -2.38. The highest BCUT2D eigenvalue weighted by Crippen LogP contribution is 2.43. The highest BCUT2D eigenvalue weighted by Gasteiger charge is 2.36. The first-order chi connectivity index (χ1) is 16.6. The molecule has 1 saturated heterocycles. The van der Waals surface area contributed by atoms with E-state index in [1.807, 2.05) is 0 Å². The number of hydrogen-bond donors (Lipinski definition) is 3. The van der Waals surface area contributed by atoms with E-state index in [4.69, 9.17) is 16.6 Å². The normalized spacial score (nSPS) is 16.5. The number of nitrogens with two attached hydrogens (primary N) is 3. The van der Waals surface area contributed by atoms with Gasteiger partial charge in [0.25, 0.3) is 0 Å². The maximum atomic E-state index is 13.1. The number of fused-ring (bicyclic) bond motifs is 3. The minimum Gasteiger partial charge on any atom is -0.383 e. The molecule has 1 amide bonds. The maximum Gasteiger partial charge on any atom is 0.240 e. The van der Waals surface area contributed by atoms with Gasteiger partial charge in [-0.05, 0) is 43.0 Å². The molecule has 0 spiro atoms. The number of carbonyl (C=O) groups is 1. The van der Waals surface area contributed by atoms with Crippen LogP contribution < -0.4 is 31.4 Å². The highest BCUT2D eigenvalue weighted by molar-refractivity contribution is 7.89. The lowest BCUT2D eigenvalue weighted by molar-refractivity contribution is -0.345. The largest absolute Gasteiger partial charge is 0.383 e. The molecule has 0 atom stereocenters. The van der Waals surface area contributed by atoms with Crippen LogP contribution in [0.1, 0.15) is 30.9 Å². The molecule has 5 rings (SSSR count). The minimum absolute atomic E-state index is 0.00927. The molecule has 1 aromatic carbocycles. The van der Waals surface area contributed by atoms with E-state index >= 15 is 0 Å². The Labute approximate surface area is 202 Å². The first kappa shape index (κ1) is 22.8. The summed E-state index contributed by atoms with van der Waals surface area (Å²) in [6.07, 6.45) is 1.98. The van der Waals surface area contributed by atoms with Crippen molar-refractivity contribution in [1.82, 2.24) is 4.98 Å². The SMILES string of the molecule is CC1CCN(c2[nH+]c(N)c3c(N)nc4c(c3c2C#N)CC(=O)N4c2ccc(S(N)(=O)=O)cc2)CC1. The number of nitrogen functional groups attached to an aromatic ring is 2. The Balaban J connectivity index is 1.71. The summed E-state index contributed by atoms with van der Waals surface area (Å²) in [6.45, 7) is 3.76. The number of rotatable bonds is 3. The molecule has 0 saturated carbocycles. The first-order valence-electron chi connectivity index (χ1n) is 11.2. The Morgan fingerprint density at radius 3 is 2.40 bits per heavy atom. The van der Waals surface area contributed by atoms with Gasteiger partial charge in [-0.3, -0.25) is 14.6 Å². The Morgan fingerprint density at radius 2 is 1.80 bits per heavy atom. The Morgan fingerprint density at radius 1 is 1.14 bits per heavy atom. The van der Waals surface area contributed by atoms with Gasteiger partial charge in [0.15, 0.2) is 0 Å². The lowest BCUT2D eigenvalue weighted by atomic mass is 9.97. The van der Waals surface area contributed by atoms with Crippen LogP contribution in [0.25, 0.3) is 10.8 Å². The lowest BCUT2D eigenvalue weighted by Gasteiger charge is -2.28. The zero-order valence-corrected chi connectivity index (χ0v) is 19.9. The average molecular weight is 494 g/mol. The average Bonchev–Trinajstić information content (AvgIpc) is 3.14. The van der Waals surface area contributed by atoms with E-state index in [1.165, 1.54) is 29.2 Å². The summed E-state index contributed by atoms with van der Waals surface area (Å²) in [5.41, 5.74) is 14.0. The van der Waals surface area contributed by atoms with Gasteiger partial charge in [-0.2, -0.15) is 5.26 Å². The number of H-pyrrole nitrogens is 1. The van der Waals surface area contributed by atoms with Gasteiger partial charge < -0.3 is 11.5 Å². The molecule has 0 aliphatic carbocycles. The molecular formula is C23H25N8O3S+. The number of primary sulfonamides is 1. The standard InChI is InChI=1S/C23H24N8O3S/c1-12-6-8-30(9-7-12)22-16(11-24)18-15-10-17(32)31(13-2-4-14(5-3-13)35(27,33)34)23(15)29-21(26)19(18)20(25)28-22/h2-5,12H,6-10H2,1H3,(H2,25,28)(H2,26,29)(H2,27,33,34)/p+1. The van der Waals surface area contributed by atoms with Crippen LogP contribution in [0.2, 0.25) is 0 Å². The van der Waals surface area contributed by atoms with Crippen molar-refractivity contribution < 1.29 is 18.2 Å². The number of anilines is 5. The molecule has 0 bridgehead atoms. The van der Waals surface area contributed by atoms with Crippen LogP contribution in [-0.4, -0.2) is 32.4 Å². The van der Waals surface area contributed by atoms with E-state index in [2.05, 4.69) is 27.9 Å². The number of sulfonamides is 1. The quantitative estimate of drug-likeness (QED) is 0.485. The van der Waals surface area contributed by atoms with Crippen LogP contribution in [0.4, 0.5) is 29.0 Å². The maximum absolute atomic E-state index is 13.1. The van der Waals surface area contributed by atoms with Crippen molar-refractivity contribution in [3.05, 3.63) is 35.4 Å². The number of amides is 1. The zero-order chi connectivity index (χ0) is 25.1. The Bertz CT molecular complexity index is 1520. The summed E-state index contributed by atoms with van der Waals surface area (Å²) in [5, 5.41) is 16.3. The van der Waals surface area contributed by atoms with Crippen LogP contribution in [0.3, 0.4) is 0 Å². The summed E-state index contributed by atoms with van der Waals surface area (Å²) >= 11 is 0. The van der Waals surface area contributed by atoms with Gasteiger partial charge in [0.1, 0.15) is 23.3 Å². The van der Waals surface area contributed by atoms with E-state index in [9.17, 15) is 18.5 Å². The fraction of sp³-hybridized carbons (Fsp3) is 0.304. The van der Waals surface area contributed by atoms with Crippen molar-refractivity contribution in [2.24, 2.45) is 11.1 Å². The molecule has 2 aliphatic heterocycles. The second-order valence-corrected chi connectivity index (χ2v) is 10.6. The summed E-state index contributed by atoms with van der Waals surface area (Å²) < 4.78 is 23.2. The topological polar surface area (TPSA) is 187 Å². The second kappa shape index (κ2) is 8.07. The van der Waals surface area contributed by atoms with Crippen LogP contribution in [0.5, 0.6) is 0 Å². The number of nitriles is 1. The van der Waals surface area contributed by atoms with Gasteiger partial charge in [-0.25, -0.2) is 23.5 Å². The molecule has 2 aromatic heterocycles. The number of nitrogens with one attached hydrogen (secondary N) is 1. The number of aromatic nitrogens is 2. The van der Waals surface area contributed by atoms with E-state index in [0.29, 0.717) is 45.1 Å². The molecular weight excluding hydrogens is 468 g/mol. The highest BCUT2D eigenvalue weighted by atomic mass is 32.2. The Kier molecular flexibility index (Phi) is 5.26. The van der Waals surface area contributed by atoms with Crippen molar-refractivity contribution in [2.45, 2.75) is 31.1 Å². The van der Waals surface area contributed by atoms with Gasteiger partial charge >= 0.3 is 0 Å². The van der Waals surface area contributed by atoms with E-state index in [-0.39, 0.29) is 28.9 Å². The van der Waals surface area contributed by atoms with Crippen molar-refractivity contribution in [2.75, 3.05) is 34.4 Å². The van der Waals surface area contributed by atoms with Gasteiger partial charge in [0, 0.05) is 10.9 Å². The fourth-order valence-corrected chi connectivity index (χ4v) is 5.39. The molecule has 180 valence electrons. The third-order valence-electron chi connectivity index (χ3n) is 6.74. The molecule has 0 radical (unpaired) electrons. The van der Waals surface area contributed by atoms with Crippen LogP contribution in [0.15, 0.2) is 29.2 Å². The van der Waals surface area contributed by atoms with E-state index in [0.717, 1.165) is 25.9 Å². The van der Waals surface area contributed by atoms with E-state index in [1.54, 1.807) is 0 Å². The summed E-state index contributed by atoms with van der Waals surface area (Å²) in [6, 6.07) is 7.91. The molecule has 2 aliphatic rings.